The summed E-state index contributed by atoms with van der Waals surface area (Å²) in [5.74, 6) is 0.317. The van der Waals surface area contributed by atoms with E-state index in [4.69, 9.17) is 4.74 Å². The lowest BCUT2D eigenvalue weighted by molar-refractivity contribution is -0.139. The van der Waals surface area contributed by atoms with Crippen molar-refractivity contribution in [3.8, 4) is 0 Å². The van der Waals surface area contributed by atoms with Gasteiger partial charge in [-0.25, -0.2) is 0 Å². The van der Waals surface area contributed by atoms with E-state index in [1.807, 2.05) is 17.0 Å². The van der Waals surface area contributed by atoms with Crippen LogP contribution in [0.25, 0.3) is 0 Å². The van der Waals surface area contributed by atoms with E-state index in [1.165, 1.54) is 0 Å². The van der Waals surface area contributed by atoms with E-state index < -0.39 is 0 Å². The molecular weight excluding hydrogens is 356 g/mol. The second kappa shape index (κ2) is 9.98. The molecule has 0 bridgehead atoms. The largest absolute Gasteiger partial charge is 0.385 e. The molecule has 1 spiro atoms. The normalized spacial score (nSPS) is 19.8. The quantitative estimate of drug-likeness (QED) is 0.691. The fourth-order valence-corrected chi connectivity index (χ4v) is 4.28. The molecule has 28 heavy (non-hydrogen) atoms. The first-order valence-corrected chi connectivity index (χ1v) is 10.3. The van der Waals surface area contributed by atoms with E-state index in [9.17, 15) is 9.59 Å². The van der Waals surface area contributed by atoms with Gasteiger partial charge in [-0.3, -0.25) is 14.6 Å². The Hall–Kier alpha value is -1.99. The highest BCUT2D eigenvalue weighted by molar-refractivity contribution is 5.90. The number of aromatic nitrogens is 1. The minimum atomic E-state index is 0.0286. The van der Waals surface area contributed by atoms with Crippen LogP contribution in [0, 0.1) is 5.41 Å². The molecule has 3 heterocycles. The van der Waals surface area contributed by atoms with Crippen LogP contribution in [0.1, 0.15) is 38.5 Å². The highest BCUT2D eigenvalue weighted by Gasteiger charge is 2.40. The van der Waals surface area contributed by atoms with Crippen molar-refractivity contribution < 1.29 is 14.3 Å². The van der Waals surface area contributed by atoms with Crippen molar-refractivity contribution in [3.05, 3.63) is 24.5 Å². The molecule has 0 atom stereocenters. The summed E-state index contributed by atoms with van der Waals surface area (Å²) in [6.45, 7) is 5.16. The molecule has 7 nitrogen and oxygen atoms in total. The number of carbonyl (C=O) groups excluding carboxylic acids is 2. The molecule has 2 saturated heterocycles. The van der Waals surface area contributed by atoms with Crippen LogP contribution in [0.3, 0.4) is 0 Å². The number of methoxy groups -OCH3 is 1. The number of hydrogen-bond donors (Lipinski definition) is 1. The third-order valence-corrected chi connectivity index (χ3v) is 6.04. The maximum absolute atomic E-state index is 12.2. The fraction of sp³-hybridized carbons (Fsp3) is 0.667. The van der Waals surface area contributed by atoms with Crippen LogP contribution >= 0.6 is 0 Å². The molecular formula is C21H32N4O3. The number of anilines is 1. The third kappa shape index (κ3) is 5.75. The Morgan fingerprint density at radius 3 is 2.82 bits per heavy atom. The van der Waals surface area contributed by atoms with Gasteiger partial charge in [-0.05, 0) is 56.3 Å². The number of rotatable bonds is 8. The van der Waals surface area contributed by atoms with Crippen LogP contribution in [-0.2, 0) is 14.3 Å². The number of carbonyl (C=O) groups is 2. The summed E-state index contributed by atoms with van der Waals surface area (Å²) in [7, 11) is 1.70. The molecule has 1 aromatic heterocycles. The van der Waals surface area contributed by atoms with E-state index in [0.29, 0.717) is 19.4 Å². The Bertz CT molecular complexity index is 644. The van der Waals surface area contributed by atoms with Crippen molar-refractivity contribution in [3.63, 3.8) is 0 Å². The summed E-state index contributed by atoms with van der Waals surface area (Å²) in [4.78, 5) is 32.8. The van der Waals surface area contributed by atoms with Gasteiger partial charge >= 0.3 is 0 Å². The molecule has 0 aromatic carbocycles. The number of nitrogens with zero attached hydrogens (tertiary/aromatic N) is 3. The van der Waals surface area contributed by atoms with E-state index in [1.54, 1.807) is 19.5 Å². The van der Waals surface area contributed by atoms with Gasteiger partial charge in [0.25, 0.3) is 0 Å². The first-order chi connectivity index (χ1) is 13.6. The highest BCUT2D eigenvalue weighted by Crippen LogP contribution is 2.40. The molecule has 0 aliphatic carbocycles. The van der Waals surface area contributed by atoms with Crippen molar-refractivity contribution >= 4 is 17.5 Å². The number of hydrogen-bond acceptors (Lipinski definition) is 5. The molecule has 154 valence electrons. The maximum Gasteiger partial charge on any atom is 0.225 e. The molecule has 2 aliphatic rings. The van der Waals surface area contributed by atoms with Crippen molar-refractivity contribution in [1.82, 2.24) is 14.8 Å². The van der Waals surface area contributed by atoms with Gasteiger partial charge < -0.3 is 19.9 Å². The van der Waals surface area contributed by atoms with Crippen molar-refractivity contribution in [2.75, 3.05) is 51.8 Å². The van der Waals surface area contributed by atoms with Crippen LogP contribution in [0.2, 0.25) is 0 Å². The molecule has 7 heteroatoms. The fourth-order valence-electron chi connectivity index (χ4n) is 4.28. The number of piperidine rings is 2. The van der Waals surface area contributed by atoms with E-state index >= 15 is 0 Å². The first kappa shape index (κ1) is 20.7. The van der Waals surface area contributed by atoms with Crippen molar-refractivity contribution in [2.45, 2.75) is 38.5 Å². The summed E-state index contributed by atoms with van der Waals surface area (Å²) in [6.07, 6.45) is 8.61. The second-order valence-corrected chi connectivity index (χ2v) is 8.04. The lowest BCUT2D eigenvalue weighted by Crippen LogP contribution is -2.52. The van der Waals surface area contributed by atoms with Gasteiger partial charge in [-0.1, -0.05) is 0 Å². The zero-order valence-corrected chi connectivity index (χ0v) is 16.9. The van der Waals surface area contributed by atoms with Gasteiger partial charge in [-0.2, -0.15) is 0 Å². The molecule has 0 saturated carbocycles. The van der Waals surface area contributed by atoms with Crippen LogP contribution in [0.15, 0.2) is 24.5 Å². The Kier molecular flexibility index (Phi) is 7.39. The van der Waals surface area contributed by atoms with E-state index in [0.717, 1.165) is 64.1 Å². The van der Waals surface area contributed by atoms with Gasteiger partial charge in [0.2, 0.25) is 11.8 Å². The molecule has 1 aromatic rings. The SMILES string of the molecule is COCCCN1CC2(CCC1=O)CCN(CCC(=O)Nc1cccnc1)CC2. The van der Waals surface area contributed by atoms with Crippen LogP contribution in [0.5, 0.6) is 0 Å². The molecule has 1 N–H and O–H groups in total. The van der Waals surface area contributed by atoms with Crippen molar-refractivity contribution in [1.29, 1.82) is 0 Å². The van der Waals surface area contributed by atoms with Crippen LogP contribution < -0.4 is 5.32 Å². The lowest BCUT2D eigenvalue weighted by Gasteiger charge is -2.47. The van der Waals surface area contributed by atoms with Gasteiger partial charge in [0, 0.05) is 52.4 Å². The summed E-state index contributed by atoms with van der Waals surface area (Å²) in [5.41, 5.74) is 1.00. The first-order valence-electron chi connectivity index (χ1n) is 10.3. The van der Waals surface area contributed by atoms with E-state index in [-0.39, 0.29) is 17.2 Å². The van der Waals surface area contributed by atoms with Gasteiger partial charge in [0.15, 0.2) is 0 Å². The Balaban J connectivity index is 1.41. The summed E-state index contributed by atoms with van der Waals surface area (Å²) >= 11 is 0. The predicted octanol–water partition coefficient (Wildman–Crippen LogP) is 2.15. The summed E-state index contributed by atoms with van der Waals surface area (Å²) < 4.78 is 5.12. The molecule has 2 fully saturated rings. The Morgan fingerprint density at radius 2 is 2.11 bits per heavy atom. The number of ether oxygens (including phenoxy) is 1. The lowest BCUT2D eigenvalue weighted by atomic mass is 9.72. The van der Waals surface area contributed by atoms with Gasteiger partial charge in [0.1, 0.15) is 0 Å². The van der Waals surface area contributed by atoms with Crippen molar-refractivity contribution in [2.24, 2.45) is 5.41 Å². The number of amides is 2. The van der Waals surface area contributed by atoms with E-state index in [2.05, 4.69) is 15.2 Å². The summed E-state index contributed by atoms with van der Waals surface area (Å²) in [5, 5.41) is 2.89. The Morgan fingerprint density at radius 1 is 1.29 bits per heavy atom. The predicted molar refractivity (Wildman–Crippen MR) is 108 cm³/mol. The van der Waals surface area contributed by atoms with Gasteiger partial charge in [-0.15, -0.1) is 0 Å². The van der Waals surface area contributed by atoms with Crippen LogP contribution in [0.4, 0.5) is 5.69 Å². The Labute approximate surface area is 167 Å². The number of pyridine rings is 1. The minimum Gasteiger partial charge on any atom is -0.385 e. The zero-order valence-electron chi connectivity index (χ0n) is 16.9. The topological polar surface area (TPSA) is 74.8 Å². The highest BCUT2D eigenvalue weighted by atomic mass is 16.5. The third-order valence-electron chi connectivity index (χ3n) is 6.04. The molecule has 2 amide bonds. The molecule has 0 radical (unpaired) electrons. The monoisotopic (exact) mass is 388 g/mol. The minimum absolute atomic E-state index is 0.0286. The molecule has 2 aliphatic heterocycles. The average molecular weight is 389 g/mol. The van der Waals surface area contributed by atoms with Gasteiger partial charge in [0.05, 0.1) is 11.9 Å². The number of nitrogens with one attached hydrogen (secondary N) is 1. The molecule has 0 unspecified atom stereocenters. The maximum atomic E-state index is 12.2. The van der Waals surface area contributed by atoms with Crippen LogP contribution in [-0.4, -0.2) is 73.0 Å². The standard InChI is InChI=1S/C21H32N4O3/c1-28-15-3-11-25-17-21(7-5-20(25)27)8-13-24(14-9-21)12-6-19(26)23-18-4-2-10-22-16-18/h2,4,10,16H,3,5-9,11-15,17H2,1H3,(H,23,26). The summed E-state index contributed by atoms with van der Waals surface area (Å²) in [6, 6.07) is 3.66. The second-order valence-electron chi connectivity index (χ2n) is 8.04. The zero-order chi connectivity index (χ0) is 19.8. The average Bonchev–Trinajstić information content (AvgIpc) is 2.71. The number of likely N-dealkylation sites (tertiary alicyclic amines) is 2. The smallest absolute Gasteiger partial charge is 0.225 e. The molecule has 3 rings (SSSR count).